The molecule has 182 valence electrons. The van der Waals surface area contributed by atoms with E-state index >= 15 is 0 Å². The van der Waals surface area contributed by atoms with E-state index in [1.807, 2.05) is 37.5 Å². The van der Waals surface area contributed by atoms with Gasteiger partial charge >= 0.3 is 0 Å². The zero-order valence-corrected chi connectivity index (χ0v) is 20.4. The predicted molar refractivity (Wildman–Crippen MR) is 136 cm³/mol. The second kappa shape index (κ2) is 9.92. The third-order valence-corrected chi connectivity index (χ3v) is 6.69. The Labute approximate surface area is 205 Å². The highest BCUT2D eigenvalue weighted by molar-refractivity contribution is 5.82. The van der Waals surface area contributed by atoms with E-state index in [1.54, 1.807) is 31.3 Å². The third kappa shape index (κ3) is 5.07. The Morgan fingerprint density at radius 3 is 2.43 bits per heavy atom. The summed E-state index contributed by atoms with van der Waals surface area (Å²) in [6.07, 6.45) is 9.33. The van der Waals surface area contributed by atoms with Crippen LogP contribution in [0, 0.1) is 5.92 Å². The second-order valence-corrected chi connectivity index (χ2v) is 9.19. The van der Waals surface area contributed by atoms with Gasteiger partial charge < -0.3 is 19.5 Å². The van der Waals surface area contributed by atoms with Gasteiger partial charge in [-0.05, 0) is 49.8 Å². The van der Waals surface area contributed by atoms with Gasteiger partial charge in [0, 0.05) is 54.9 Å². The lowest BCUT2D eigenvalue weighted by Gasteiger charge is -2.32. The number of nitrogens with zero attached hydrogens (tertiary/aromatic N) is 5. The van der Waals surface area contributed by atoms with Gasteiger partial charge in [0.05, 0.1) is 49.4 Å². The lowest BCUT2D eigenvalue weighted by atomic mass is 9.79. The number of aryl methyl sites for hydroxylation is 1. The van der Waals surface area contributed by atoms with Crippen LogP contribution >= 0.6 is 0 Å². The first kappa shape index (κ1) is 23.1. The molecule has 2 aromatic carbocycles. The first-order valence-corrected chi connectivity index (χ1v) is 12.0. The van der Waals surface area contributed by atoms with Gasteiger partial charge in [-0.15, -0.1) is 0 Å². The van der Waals surface area contributed by atoms with Crippen molar-refractivity contribution in [2.24, 2.45) is 13.0 Å². The molecule has 0 radical (unpaired) electrons. The van der Waals surface area contributed by atoms with Crippen molar-refractivity contribution in [1.29, 1.82) is 0 Å². The van der Waals surface area contributed by atoms with Crippen molar-refractivity contribution in [3.8, 4) is 22.8 Å². The Hall–Kier alpha value is -3.65. The first-order chi connectivity index (χ1) is 17.0. The van der Waals surface area contributed by atoms with E-state index in [4.69, 9.17) is 14.5 Å². The van der Waals surface area contributed by atoms with E-state index < -0.39 is 0 Å². The lowest BCUT2D eigenvalue weighted by molar-refractivity contribution is 0.0386. The number of methoxy groups -OCH3 is 2. The minimum absolute atomic E-state index is 0.119. The molecule has 1 saturated carbocycles. The molecule has 4 aromatic rings. The van der Waals surface area contributed by atoms with Crippen LogP contribution in [0.2, 0.25) is 0 Å². The van der Waals surface area contributed by atoms with E-state index in [9.17, 15) is 5.11 Å². The molecular weight excluding hydrogens is 442 g/mol. The van der Waals surface area contributed by atoms with Crippen molar-refractivity contribution in [3.05, 3.63) is 55.0 Å². The molecule has 1 N–H and O–H groups in total. The molecule has 35 heavy (non-hydrogen) atoms. The van der Waals surface area contributed by atoms with Gasteiger partial charge in [-0.25, -0.2) is 4.98 Å². The molecule has 2 aromatic heterocycles. The minimum Gasteiger partial charge on any atom is -0.497 e. The molecule has 1 fully saturated rings. The van der Waals surface area contributed by atoms with Crippen LogP contribution in [-0.4, -0.2) is 51.7 Å². The first-order valence-electron chi connectivity index (χ1n) is 12.0. The van der Waals surface area contributed by atoms with Crippen LogP contribution in [0.15, 0.2) is 55.0 Å². The number of anilines is 2. The SMILES string of the molecule is COc1cc(OC)cc(N(CCCC2CC(O)C2)c2ccc3ncc(-c4cnn(C)c4)nc3c2)c1. The minimum atomic E-state index is -0.119. The number of benzene rings is 2. The highest BCUT2D eigenvalue weighted by atomic mass is 16.5. The van der Waals surface area contributed by atoms with Crippen LogP contribution in [0.5, 0.6) is 11.5 Å². The predicted octanol–water partition coefficient (Wildman–Crippen LogP) is 4.74. The van der Waals surface area contributed by atoms with Gasteiger partial charge in [-0.1, -0.05) is 0 Å². The second-order valence-electron chi connectivity index (χ2n) is 9.19. The summed E-state index contributed by atoms with van der Waals surface area (Å²) in [6.45, 7) is 0.824. The van der Waals surface area contributed by atoms with Gasteiger partial charge in [-0.2, -0.15) is 5.10 Å². The molecule has 5 rings (SSSR count). The average Bonchev–Trinajstić information content (AvgIpc) is 3.30. The summed E-state index contributed by atoms with van der Waals surface area (Å²) < 4.78 is 12.8. The normalized spacial score (nSPS) is 17.3. The van der Waals surface area contributed by atoms with E-state index in [1.165, 1.54) is 0 Å². The molecule has 0 spiro atoms. The summed E-state index contributed by atoms with van der Waals surface area (Å²) in [5.41, 5.74) is 5.41. The van der Waals surface area contributed by atoms with Crippen LogP contribution in [0.1, 0.15) is 25.7 Å². The zero-order chi connectivity index (χ0) is 24.4. The quantitative estimate of drug-likeness (QED) is 0.376. The third-order valence-electron chi connectivity index (χ3n) is 6.69. The van der Waals surface area contributed by atoms with Crippen LogP contribution in [0.3, 0.4) is 0 Å². The molecule has 0 aliphatic heterocycles. The smallest absolute Gasteiger partial charge is 0.124 e. The van der Waals surface area contributed by atoms with E-state index in [0.717, 1.165) is 77.4 Å². The van der Waals surface area contributed by atoms with Crippen molar-refractivity contribution in [1.82, 2.24) is 19.7 Å². The molecule has 1 aliphatic rings. The monoisotopic (exact) mass is 473 g/mol. The van der Waals surface area contributed by atoms with Crippen molar-refractivity contribution in [2.75, 3.05) is 25.7 Å². The molecule has 0 atom stereocenters. The Balaban J connectivity index is 1.49. The summed E-state index contributed by atoms with van der Waals surface area (Å²) in [7, 11) is 5.22. The summed E-state index contributed by atoms with van der Waals surface area (Å²) in [4.78, 5) is 11.8. The van der Waals surface area contributed by atoms with Gasteiger partial charge in [-0.3, -0.25) is 9.67 Å². The molecule has 0 saturated heterocycles. The maximum atomic E-state index is 9.65. The standard InChI is InChI=1S/C27H31N5O3/c1-31-17-19(15-29-31)27-16-28-25-7-6-20(13-26(25)30-27)32(8-4-5-18-9-22(33)10-18)21-11-23(34-2)14-24(12-21)35-3/h6-7,11-18,22,33H,4-5,8-10H2,1-3H3. The molecule has 0 amide bonds. The van der Waals surface area contributed by atoms with E-state index in [0.29, 0.717) is 5.92 Å². The van der Waals surface area contributed by atoms with E-state index in [2.05, 4.69) is 27.1 Å². The van der Waals surface area contributed by atoms with Crippen LogP contribution in [0.4, 0.5) is 11.4 Å². The molecule has 2 heterocycles. The Morgan fingerprint density at radius 1 is 1.00 bits per heavy atom. The van der Waals surface area contributed by atoms with E-state index in [-0.39, 0.29) is 6.10 Å². The fourth-order valence-electron chi connectivity index (χ4n) is 4.69. The fourth-order valence-corrected chi connectivity index (χ4v) is 4.69. The molecule has 8 heteroatoms. The lowest BCUT2D eigenvalue weighted by Crippen LogP contribution is -2.29. The van der Waals surface area contributed by atoms with Crippen LogP contribution in [-0.2, 0) is 7.05 Å². The number of rotatable bonds is 9. The molecule has 0 bridgehead atoms. The number of hydrogen-bond acceptors (Lipinski definition) is 7. The van der Waals surface area contributed by atoms with Crippen LogP contribution in [0.25, 0.3) is 22.3 Å². The summed E-state index contributed by atoms with van der Waals surface area (Å²) in [5, 5.41) is 13.9. The largest absolute Gasteiger partial charge is 0.497 e. The van der Waals surface area contributed by atoms with Crippen molar-refractivity contribution >= 4 is 22.4 Å². The maximum absolute atomic E-state index is 9.65. The molecule has 0 unspecified atom stereocenters. The summed E-state index contributed by atoms with van der Waals surface area (Å²) >= 11 is 0. The van der Waals surface area contributed by atoms with Crippen molar-refractivity contribution in [3.63, 3.8) is 0 Å². The number of hydrogen-bond donors (Lipinski definition) is 1. The Bertz CT molecular complexity index is 1290. The zero-order valence-electron chi connectivity index (χ0n) is 20.4. The fraction of sp³-hybridized carbons (Fsp3) is 0.370. The Kier molecular flexibility index (Phi) is 6.55. The van der Waals surface area contributed by atoms with Gasteiger partial charge in [0.2, 0.25) is 0 Å². The number of aliphatic hydroxyl groups excluding tert-OH is 1. The Morgan fingerprint density at radius 2 is 1.77 bits per heavy atom. The molecular formula is C27H31N5O3. The van der Waals surface area contributed by atoms with Gasteiger partial charge in [0.25, 0.3) is 0 Å². The maximum Gasteiger partial charge on any atom is 0.124 e. The number of aliphatic hydroxyl groups is 1. The summed E-state index contributed by atoms with van der Waals surface area (Å²) in [6, 6.07) is 12.1. The highest BCUT2D eigenvalue weighted by Crippen LogP contribution is 2.36. The summed E-state index contributed by atoms with van der Waals surface area (Å²) in [5.74, 6) is 2.09. The highest BCUT2D eigenvalue weighted by Gasteiger charge is 2.26. The molecule has 1 aliphatic carbocycles. The van der Waals surface area contributed by atoms with Crippen molar-refractivity contribution in [2.45, 2.75) is 31.8 Å². The average molecular weight is 474 g/mol. The number of fused-ring (bicyclic) bond motifs is 1. The topological polar surface area (TPSA) is 85.5 Å². The van der Waals surface area contributed by atoms with Gasteiger partial charge in [0.1, 0.15) is 11.5 Å². The number of ether oxygens (including phenoxy) is 2. The van der Waals surface area contributed by atoms with Crippen molar-refractivity contribution < 1.29 is 14.6 Å². The molecule has 8 nitrogen and oxygen atoms in total. The van der Waals surface area contributed by atoms with Gasteiger partial charge in [0.15, 0.2) is 0 Å². The number of aromatic nitrogens is 4. The van der Waals surface area contributed by atoms with Crippen LogP contribution < -0.4 is 14.4 Å².